The first-order chi connectivity index (χ1) is 9.22. The topological polar surface area (TPSA) is 38.2 Å². The summed E-state index contributed by atoms with van der Waals surface area (Å²) in [7, 11) is 0. The van der Waals surface area contributed by atoms with E-state index in [4.69, 9.17) is 16.3 Å². The molecular formula is C14H22ClN3O. The first-order valence-electron chi connectivity index (χ1n) is 7.00. The third-order valence-electron chi connectivity index (χ3n) is 3.25. The molecular weight excluding hydrogens is 262 g/mol. The van der Waals surface area contributed by atoms with Crippen LogP contribution in [0.3, 0.4) is 0 Å². The number of aromatic nitrogens is 2. The van der Waals surface area contributed by atoms with E-state index in [0.717, 1.165) is 56.3 Å². The summed E-state index contributed by atoms with van der Waals surface area (Å²) < 4.78 is 5.85. The summed E-state index contributed by atoms with van der Waals surface area (Å²) in [6, 6.07) is 1.94. The number of rotatable bonds is 5. The summed E-state index contributed by atoms with van der Waals surface area (Å²) in [6.45, 7) is 6.83. The highest BCUT2D eigenvalue weighted by Crippen LogP contribution is 2.19. The van der Waals surface area contributed by atoms with Crippen molar-refractivity contribution in [3.05, 3.63) is 17.5 Å². The zero-order valence-electron chi connectivity index (χ0n) is 11.7. The average molecular weight is 284 g/mol. The molecule has 1 unspecified atom stereocenters. The van der Waals surface area contributed by atoms with E-state index in [9.17, 15) is 0 Å². The molecule has 1 saturated heterocycles. The highest BCUT2D eigenvalue weighted by molar-refractivity contribution is 6.16. The molecule has 4 nitrogen and oxygen atoms in total. The molecule has 19 heavy (non-hydrogen) atoms. The summed E-state index contributed by atoms with van der Waals surface area (Å²) in [5.41, 5.74) is 1.86. The second-order valence-corrected chi connectivity index (χ2v) is 5.28. The Kier molecular flexibility index (Phi) is 5.40. The number of ether oxygens (including phenoxy) is 1. The van der Waals surface area contributed by atoms with Gasteiger partial charge in [-0.15, -0.1) is 11.6 Å². The van der Waals surface area contributed by atoms with E-state index in [2.05, 4.69) is 21.8 Å². The Morgan fingerprint density at radius 3 is 3.05 bits per heavy atom. The number of nitrogens with zero attached hydrogens (tertiary/aromatic N) is 3. The summed E-state index contributed by atoms with van der Waals surface area (Å²) >= 11 is 5.87. The number of alkyl halides is 1. The van der Waals surface area contributed by atoms with Crippen molar-refractivity contribution >= 4 is 17.5 Å². The molecule has 1 aromatic heterocycles. The van der Waals surface area contributed by atoms with Crippen LogP contribution in [0.1, 0.15) is 37.6 Å². The van der Waals surface area contributed by atoms with Crippen LogP contribution in [0.25, 0.3) is 0 Å². The number of halogens is 1. The third-order valence-corrected chi connectivity index (χ3v) is 3.52. The van der Waals surface area contributed by atoms with Crippen molar-refractivity contribution in [2.45, 2.75) is 45.1 Å². The van der Waals surface area contributed by atoms with Crippen LogP contribution in [0.4, 0.5) is 5.95 Å². The Bertz CT molecular complexity index is 414. The fourth-order valence-electron chi connectivity index (χ4n) is 2.37. The molecule has 1 aromatic rings. The van der Waals surface area contributed by atoms with Crippen LogP contribution < -0.4 is 4.90 Å². The maximum Gasteiger partial charge on any atom is 0.225 e. The van der Waals surface area contributed by atoms with E-state index in [0.29, 0.717) is 12.0 Å². The van der Waals surface area contributed by atoms with Crippen molar-refractivity contribution in [2.24, 2.45) is 0 Å². The van der Waals surface area contributed by atoms with Gasteiger partial charge in [0.15, 0.2) is 0 Å². The lowest BCUT2D eigenvalue weighted by Gasteiger charge is -2.32. The molecule has 1 fully saturated rings. The summed E-state index contributed by atoms with van der Waals surface area (Å²) in [5.74, 6) is 1.22. The van der Waals surface area contributed by atoms with E-state index in [1.807, 2.05) is 13.0 Å². The number of piperidine rings is 1. The minimum atomic E-state index is 0.303. The van der Waals surface area contributed by atoms with Crippen molar-refractivity contribution in [1.29, 1.82) is 0 Å². The van der Waals surface area contributed by atoms with Crippen LogP contribution in [0, 0.1) is 6.92 Å². The molecule has 0 saturated carbocycles. The largest absolute Gasteiger partial charge is 0.376 e. The van der Waals surface area contributed by atoms with E-state index in [-0.39, 0.29) is 0 Å². The van der Waals surface area contributed by atoms with Gasteiger partial charge in [-0.3, -0.25) is 0 Å². The molecule has 5 heteroatoms. The molecule has 1 aliphatic rings. The van der Waals surface area contributed by atoms with Gasteiger partial charge in [-0.1, -0.05) is 6.92 Å². The van der Waals surface area contributed by atoms with Crippen molar-refractivity contribution in [3.63, 3.8) is 0 Å². The molecule has 0 N–H and O–H groups in total. The summed E-state index contributed by atoms with van der Waals surface area (Å²) in [6.07, 6.45) is 3.62. The molecule has 1 atom stereocenters. The Morgan fingerprint density at radius 1 is 1.47 bits per heavy atom. The molecule has 0 spiro atoms. The Hall–Kier alpha value is -0.870. The molecule has 106 valence electrons. The van der Waals surface area contributed by atoms with Gasteiger partial charge >= 0.3 is 0 Å². The smallest absolute Gasteiger partial charge is 0.225 e. The minimum Gasteiger partial charge on any atom is -0.376 e. The zero-order valence-corrected chi connectivity index (χ0v) is 12.5. The second kappa shape index (κ2) is 7.06. The third kappa shape index (κ3) is 4.05. The molecule has 0 amide bonds. The Morgan fingerprint density at radius 2 is 2.32 bits per heavy atom. The summed E-state index contributed by atoms with van der Waals surface area (Å²) in [4.78, 5) is 11.3. The number of anilines is 1. The average Bonchev–Trinajstić information content (AvgIpc) is 2.44. The quantitative estimate of drug-likeness (QED) is 0.779. The van der Waals surface area contributed by atoms with Crippen molar-refractivity contribution in [1.82, 2.24) is 9.97 Å². The number of hydrogen-bond acceptors (Lipinski definition) is 4. The molecule has 2 heterocycles. The second-order valence-electron chi connectivity index (χ2n) is 5.02. The standard InChI is InChI=1S/C14H22ClN3O/c1-3-7-19-13-5-4-6-18(10-13)14-16-11(2)8-12(9-15)17-14/h8,13H,3-7,9-10H2,1-2H3. The van der Waals surface area contributed by atoms with Crippen LogP contribution in [0.2, 0.25) is 0 Å². The highest BCUT2D eigenvalue weighted by Gasteiger charge is 2.22. The van der Waals surface area contributed by atoms with Gasteiger partial charge in [-0.05, 0) is 32.3 Å². The first kappa shape index (κ1) is 14.5. The molecule has 0 aliphatic carbocycles. The monoisotopic (exact) mass is 283 g/mol. The Balaban J connectivity index is 2.06. The van der Waals surface area contributed by atoms with Crippen LogP contribution in [-0.4, -0.2) is 35.8 Å². The van der Waals surface area contributed by atoms with Gasteiger partial charge in [0.05, 0.1) is 17.7 Å². The van der Waals surface area contributed by atoms with Crippen LogP contribution in [0.15, 0.2) is 6.07 Å². The number of aryl methyl sites for hydroxylation is 1. The fourth-order valence-corrected chi connectivity index (χ4v) is 2.50. The van der Waals surface area contributed by atoms with Gasteiger partial charge in [-0.2, -0.15) is 0 Å². The maximum atomic E-state index is 5.87. The van der Waals surface area contributed by atoms with Crippen molar-refractivity contribution in [3.8, 4) is 0 Å². The van der Waals surface area contributed by atoms with Gasteiger partial charge in [0.2, 0.25) is 5.95 Å². The van der Waals surface area contributed by atoms with Gasteiger partial charge in [-0.25, -0.2) is 9.97 Å². The lowest BCUT2D eigenvalue weighted by Crippen LogP contribution is -2.40. The fraction of sp³-hybridized carbons (Fsp3) is 0.714. The predicted molar refractivity (Wildman–Crippen MR) is 77.8 cm³/mol. The van der Waals surface area contributed by atoms with Gasteiger partial charge in [0.1, 0.15) is 0 Å². The van der Waals surface area contributed by atoms with E-state index >= 15 is 0 Å². The van der Waals surface area contributed by atoms with Crippen molar-refractivity contribution < 1.29 is 4.74 Å². The van der Waals surface area contributed by atoms with Crippen LogP contribution in [-0.2, 0) is 10.6 Å². The zero-order chi connectivity index (χ0) is 13.7. The molecule has 1 aliphatic heterocycles. The summed E-state index contributed by atoms with van der Waals surface area (Å²) in [5, 5.41) is 0. The lowest BCUT2D eigenvalue weighted by atomic mass is 10.1. The van der Waals surface area contributed by atoms with Gasteiger partial charge in [0, 0.05) is 25.4 Å². The van der Waals surface area contributed by atoms with Crippen LogP contribution in [0.5, 0.6) is 0 Å². The molecule has 0 radical (unpaired) electrons. The van der Waals surface area contributed by atoms with E-state index in [1.54, 1.807) is 0 Å². The number of hydrogen-bond donors (Lipinski definition) is 0. The maximum absolute atomic E-state index is 5.87. The van der Waals surface area contributed by atoms with Crippen molar-refractivity contribution in [2.75, 3.05) is 24.6 Å². The van der Waals surface area contributed by atoms with E-state index < -0.39 is 0 Å². The van der Waals surface area contributed by atoms with Gasteiger partial charge in [0.25, 0.3) is 0 Å². The normalized spacial score (nSPS) is 19.7. The van der Waals surface area contributed by atoms with E-state index in [1.165, 1.54) is 0 Å². The van der Waals surface area contributed by atoms with Crippen LogP contribution >= 0.6 is 11.6 Å². The predicted octanol–water partition coefficient (Wildman–Crippen LogP) is 2.92. The SMILES string of the molecule is CCCOC1CCCN(c2nc(C)cc(CCl)n2)C1. The first-order valence-corrected chi connectivity index (χ1v) is 7.53. The molecule has 0 aromatic carbocycles. The molecule has 2 rings (SSSR count). The highest BCUT2D eigenvalue weighted by atomic mass is 35.5. The Labute approximate surface area is 120 Å². The van der Waals surface area contributed by atoms with Gasteiger partial charge < -0.3 is 9.64 Å². The lowest BCUT2D eigenvalue weighted by molar-refractivity contribution is 0.0437. The molecule has 0 bridgehead atoms. The minimum absolute atomic E-state index is 0.303.